The minimum absolute atomic E-state index is 0.944. The van der Waals surface area contributed by atoms with Crippen molar-refractivity contribution in [1.29, 1.82) is 0 Å². The topological polar surface area (TPSA) is 24.5 Å². The first kappa shape index (κ1) is 12.2. The van der Waals surface area contributed by atoms with Crippen molar-refractivity contribution in [3.8, 4) is 5.75 Å². The summed E-state index contributed by atoms with van der Waals surface area (Å²) in [6.45, 7) is 6.70. The smallest absolute Gasteiger partial charge is 0.119 e. The van der Waals surface area contributed by atoms with Gasteiger partial charge in [0.1, 0.15) is 5.75 Å². The average molecular weight is 234 g/mol. The Labute approximate surface area is 104 Å². The second kappa shape index (κ2) is 5.92. The summed E-state index contributed by atoms with van der Waals surface area (Å²) in [6.07, 6.45) is 2.43. The van der Waals surface area contributed by atoms with E-state index in [4.69, 9.17) is 4.74 Å². The van der Waals surface area contributed by atoms with Crippen molar-refractivity contribution in [3.63, 3.8) is 0 Å². The van der Waals surface area contributed by atoms with Crippen LogP contribution >= 0.6 is 0 Å². The lowest BCUT2D eigenvalue weighted by Crippen LogP contribution is -2.34. The van der Waals surface area contributed by atoms with Gasteiger partial charge in [0.15, 0.2) is 0 Å². The first-order valence-electron chi connectivity index (χ1n) is 6.41. The predicted molar refractivity (Wildman–Crippen MR) is 72.0 cm³/mol. The van der Waals surface area contributed by atoms with Crippen LogP contribution in [0.5, 0.6) is 5.75 Å². The molecule has 0 atom stereocenters. The summed E-state index contributed by atoms with van der Waals surface area (Å²) in [5.41, 5.74) is 2.66. The Morgan fingerprint density at radius 1 is 1.18 bits per heavy atom. The van der Waals surface area contributed by atoms with Crippen LogP contribution in [-0.2, 0) is 0 Å². The van der Waals surface area contributed by atoms with Crippen LogP contribution in [0.25, 0.3) is 0 Å². The summed E-state index contributed by atoms with van der Waals surface area (Å²) < 4.78 is 5.25. The van der Waals surface area contributed by atoms with Crippen LogP contribution in [0.15, 0.2) is 18.2 Å². The third-order valence-electron chi connectivity index (χ3n) is 3.31. The van der Waals surface area contributed by atoms with Crippen LogP contribution in [0.3, 0.4) is 0 Å². The Bertz CT molecular complexity index is 357. The highest BCUT2D eigenvalue weighted by atomic mass is 16.5. The standard InChI is InChI=1S/C14H22N2O/c1-12-11-13(17-2)5-6-14(12)16-9-3-7-15-8-4-10-16/h5-6,11,15H,3-4,7-10H2,1-2H3. The minimum atomic E-state index is 0.944. The number of anilines is 1. The van der Waals surface area contributed by atoms with E-state index in [1.165, 1.54) is 24.1 Å². The SMILES string of the molecule is COc1ccc(N2CCCNCCC2)c(C)c1. The van der Waals surface area contributed by atoms with E-state index < -0.39 is 0 Å². The zero-order valence-corrected chi connectivity index (χ0v) is 10.8. The molecule has 17 heavy (non-hydrogen) atoms. The van der Waals surface area contributed by atoms with Crippen LogP contribution in [0, 0.1) is 6.92 Å². The maximum atomic E-state index is 5.25. The summed E-state index contributed by atoms with van der Waals surface area (Å²) in [5, 5.41) is 3.45. The van der Waals surface area contributed by atoms with Crippen LogP contribution in [0.4, 0.5) is 5.69 Å². The van der Waals surface area contributed by atoms with E-state index in [-0.39, 0.29) is 0 Å². The number of benzene rings is 1. The molecule has 1 saturated heterocycles. The molecule has 1 aromatic carbocycles. The number of ether oxygens (including phenoxy) is 1. The zero-order valence-electron chi connectivity index (χ0n) is 10.8. The van der Waals surface area contributed by atoms with E-state index in [0.29, 0.717) is 0 Å². The second-order valence-corrected chi connectivity index (χ2v) is 4.60. The summed E-state index contributed by atoms with van der Waals surface area (Å²) in [4.78, 5) is 2.50. The molecule has 0 aromatic heterocycles. The molecular weight excluding hydrogens is 212 g/mol. The Morgan fingerprint density at radius 2 is 1.88 bits per heavy atom. The average Bonchev–Trinajstić information content (AvgIpc) is 2.29. The molecule has 1 aliphatic rings. The largest absolute Gasteiger partial charge is 0.497 e. The summed E-state index contributed by atoms with van der Waals surface area (Å²) in [6, 6.07) is 6.36. The Balaban J connectivity index is 2.13. The van der Waals surface area contributed by atoms with Crippen molar-refractivity contribution >= 4 is 5.69 Å². The van der Waals surface area contributed by atoms with Gasteiger partial charge in [0.25, 0.3) is 0 Å². The zero-order chi connectivity index (χ0) is 12.1. The number of rotatable bonds is 2. The predicted octanol–water partition coefficient (Wildman–Crippen LogP) is 2.19. The van der Waals surface area contributed by atoms with Gasteiger partial charge in [-0.15, -0.1) is 0 Å². The van der Waals surface area contributed by atoms with Gasteiger partial charge in [-0.25, -0.2) is 0 Å². The molecule has 0 saturated carbocycles. The molecule has 0 spiro atoms. The number of nitrogens with one attached hydrogen (secondary N) is 1. The molecule has 2 rings (SSSR count). The van der Waals surface area contributed by atoms with Crippen molar-refractivity contribution in [2.24, 2.45) is 0 Å². The highest BCUT2D eigenvalue weighted by Gasteiger charge is 2.11. The van der Waals surface area contributed by atoms with E-state index in [2.05, 4.69) is 35.3 Å². The molecule has 1 N–H and O–H groups in total. The van der Waals surface area contributed by atoms with Crippen LogP contribution in [0.2, 0.25) is 0 Å². The van der Waals surface area contributed by atoms with Crippen molar-refractivity contribution in [2.75, 3.05) is 38.2 Å². The first-order valence-corrected chi connectivity index (χ1v) is 6.41. The van der Waals surface area contributed by atoms with E-state index in [9.17, 15) is 0 Å². The van der Waals surface area contributed by atoms with Crippen molar-refractivity contribution in [2.45, 2.75) is 19.8 Å². The Hall–Kier alpha value is -1.22. The van der Waals surface area contributed by atoms with Crippen molar-refractivity contribution < 1.29 is 4.74 Å². The van der Waals surface area contributed by atoms with Gasteiger partial charge in [-0.05, 0) is 56.6 Å². The van der Waals surface area contributed by atoms with Gasteiger partial charge in [0.05, 0.1) is 7.11 Å². The van der Waals surface area contributed by atoms with Gasteiger partial charge in [0.2, 0.25) is 0 Å². The minimum Gasteiger partial charge on any atom is -0.497 e. The van der Waals surface area contributed by atoms with E-state index >= 15 is 0 Å². The fraction of sp³-hybridized carbons (Fsp3) is 0.571. The molecule has 0 bridgehead atoms. The number of methoxy groups -OCH3 is 1. The molecule has 3 nitrogen and oxygen atoms in total. The fourth-order valence-electron chi connectivity index (χ4n) is 2.38. The van der Waals surface area contributed by atoms with Crippen molar-refractivity contribution in [3.05, 3.63) is 23.8 Å². The quantitative estimate of drug-likeness (QED) is 0.849. The summed E-state index contributed by atoms with van der Waals surface area (Å²) in [5.74, 6) is 0.944. The van der Waals surface area contributed by atoms with E-state index in [0.717, 1.165) is 31.9 Å². The Morgan fingerprint density at radius 3 is 2.47 bits per heavy atom. The highest BCUT2D eigenvalue weighted by Crippen LogP contribution is 2.25. The van der Waals surface area contributed by atoms with E-state index in [1.54, 1.807) is 7.11 Å². The lowest BCUT2D eigenvalue weighted by atomic mass is 10.1. The van der Waals surface area contributed by atoms with Gasteiger partial charge in [-0.1, -0.05) is 0 Å². The van der Waals surface area contributed by atoms with Gasteiger partial charge in [0, 0.05) is 18.8 Å². The normalized spacial score (nSPS) is 17.4. The number of hydrogen-bond donors (Lipinski definition) is 1. The van der Waals surface area contributed by atoms with Crippen molar-refractivity contribution in [1.82, 2.24) is 5.32 Å². The Kier molecular flexibility index (Phi) is 4.26. The van der Waals surface area contributed by atoms with Gasteiger partial charge < -0.3 is 15.0 Å². The maximum Gasteiger partial charge on any atom is 0.119 e. The summed E-state index contributed by atoms with van der Waals surface area (Å²) >= 11 is 0. The molecule has 1 aliphatic heterocycles. The van der Waals surface area contributed by atoms with Gasteiger partial charge in [-0.3, -0.25) is 0 Å². The third kappa shape index (κ3) is 3.13. The number of nitrogens with zero attached hydrogens (tertiary/aromatic N) is 1. The summed E-state index contributed by atoms with van der Waals surface area (Å²) in [7, 11) is 1.72. The lowest BCUT2D eigenvalue weighted by Gasteiger charge is -2.28. The van der Waals surface area contributed by atoms with Crippen LogP contribution < -0.4 is 15.0 Å². The molecular formula is C14H22N2O. The van der Waals surface area contributed by atoms with E-state index in [1.807, 2.05) is 0 Å². The van der Waals surface area contributed by atoms with Gasteiger partial charge >= 0.3 is 0 Å². The molecule has 3 heteroatoms. The fourth-order valence-corrected chi connectivity index (χ4v) is 2.38. The van der Waals surface area contributed by atoms with Gasteiger partial charge in [-0.2, -0.15) is 0 Å². The molecule has 1 heterocycles. The molecule has 1 aromatic rings. The molecule has 1 fully saturated rings. The number of aryl methyl sites for hydroxylation is 1. The second-order valence-electron chi connectivity index (χ2n) is 4.60. The monoisotopic (exact) mass is 234 g/mol. The number of hydrogen-bond acceptors (Lipinski definition) is 3. The molecule has 0 aliphatic carbocycles. The molecule has 94 valence electrons. The maximum absolute atomic E-state index is 5.25. The highest BCUT2D eigenvalue weighted by molar-refractivity contribution is 5.55. The molecule has 0 unspecified atom stereocenters. The molecule has 0 radical (unpaired) electrons. The lowest BCUT2D eigenvalue weighted by molar-refractivity contribution is 0.414. The van der Waals surface area contributed by atoms with Crippen LogP contribution in [0.1, 0.15) is 18.4 Å². The van der Waals surface area contributed by atoms with Crippen LogP contribution in [-0.4, -0.2) is 33.3 Å². The first-order chi connectivity index (χ1) is 8.31. The molecule has 0 amide bonds. The third-order valence-corrected chi connectivity index (χ3v) is 3.31.